The first kappa shape index (κ1) is 26.5. The number of ether oxygens (including phenoxy) is 1. The molecule has 33 heavy (non-hydrogen) atoms. The summed E-state index contributed by atoms with van der Waals surface area (Å²) >= 11 is 0. The zero-order chi connectivity index (χ0) is 21.8. The number of pyridine rings is 1. The Morgan fingerprint density at radius 2 is 2.00 bits per heavy atom. The minimum Gasteiger partial charge on any atom is -0.821 e. The molecular weight excluding hydrogens is 469 g/mol. The minimum atomic E-state index is -4.15. The summed E-state index contributed by atoms with van der Waals surface area (Å²) in [4.78, 5) is 42.1. The van der Waals surface area contributed by atoms with E-state index in [2.05, 4.69) is 26.7 Å². The summed E-state index contributed by atoms with van der Waals surface area (Å²) in [5.74, 6) is 0.445. The van der Waals surface area contributed by atoms with Gasteiger partial charge < -0.3 is 19.0 Å². The van der Waals surface area contributed by atoms with Crippen LogP contribution in [0.4, 0.5) is 10.5 Å². The fourth-order valence-electron chi connectivity index (χ4n) is 3.87. The van der Waals surface area contributed by atoms with Gasteiger partial charge in [0.2, 0.25) is 5.82 Å². The number of carbonyl (C=O) groups is 1. The molecule has 1 fully saturated rings. The Kier molecular flexibility index (Phi) is 8.23. The quantitative estimate of drug-likeness (QED) is 0.255. The molecule has 0 spiro atoms. The minimum absolute atomic E-state index is 0. The summed E-state index contributed by atoms with van der Waals surface area (Å²) in [6.07, 6.45) is 4.01. The fourth-order valence-corrected chi connectivity index (χ4v) is 4.24. The van der Waals surface area contributed by atoms with Gasteiger partial charge in [0.1, 0.15) is 11.8 Å². The zero-order valence-corrected chi connectivity index (χ0v) is 23.3. The topological polar surface area (TPSA) is 141 Å². The third-order valence-corrected chi connectivity index (χ3v) is 5.79. The predicted molar refractivity (Wildman–Crippen MR) is 108 cm³/mol. The average molecular weight is 486 g/mol. The largest absolute Gasteiger partial charge is 1.00 e. The number of hydrogen-bond acceptors (Lipinski definition) is 9. The van der Waals surface area contributed by atoms with E-state index in [1.165, 1.54) is 4.80 Å². The molecule has 2 aliphatic rings. The molecule has 2 aromatic heterocycles. The molecule has 14 heteroatoms. The van der Waals surface area contributed by atoms with Crippen LogP contribution in [0.15, 0.2) is 36.5 Å². The number of rotatable bonds is 5. The summed E-state index contributed by atoms with van der Waals surface area (Å²) in [6.45, 7) is -0.250. The second kappa shape index (κ2) is 10.2. The van der Waals surface area contributed by atoms with Crippen molar-refractivity contribution < 1.29 is 83.0 Å². The third-order valence-electron chi connectivity index (χ3n) is 5.25. The zero-order valence-electron chi connectivity index (χ0n) is 18.4. The molecule has 160 valence electrons. The van der Waals surface area contributed by atoms with E-state index < -0.39 is 19.8 Å². The van der Waals surface area contributed by atoms with Crippen LogP contribution in [0.3, 0.4) is 0 Å². The van der Waals surface area contributed by atoms with Crippen molar-refractivity contribution in [3.05, 3.63) is 42.1 Å². The number of amides is 1. The van der Waals surface area contributed by atoms with Gasteiger partial charge >= 0.3 is 65.2 Å². The van der Waals surface area contributed by atoms with Crippen LogP contribution < -0.4 is 73.8 Å². The maximum Gasteiger partial charge on any atom is 1.00 e. The maximum absolute atomic E-state index is 12.3. The molecule has 0 aliphatic carbocycles. The van der Waals surface area contributed by atoms with E-state index >= 15 is 0 Å². The van der Waals surface area contributed by atoms with Crippen molar-refractivity contribution in [1.82, 2.24) is 25.2 Å². The molecule has 5 rings (SSSR count). The molecule has 4 heterocycles. The van der Waals surface area contributed by atoms with Crippen molar-refractivity contribution in [2.45, 2.75) is 18.6 Å². The molecule has 1 aromatic carbocycles. The molecule has 0 N–H and O–H groups in total. The molecule has 0 unspecified atom stereocenters. The van der Waals surface area contributed by atoms with Crippen LogP contribution in [0.1, 0.15) is 5.56 Å². The Morgan fingerprint density at radius 1 is 1.24 bits per heavy atom. The van der Waals surface area contributed by atoms with Gasteiger partial charge in [-0.2, -0.15) is 12.4 Å². The van der Waals surface area contributed by atoms with Gasteiger partial charge in [-0.15, -0.1) is 16.5 Å². The Morgan fingerprint density at radius 3 is 2.64 bits per heavy atom. The molecule has 1 amide bonds. The number of benzene rings is 1. The summed E-state index contributed by atoms with van der Waals surface area (Å²) in [7, 11) is -2.47. The van der Waals surface area contributed by atoms with Crippen LogP contribution in [0.5, 0.6) is 0 Å². The predicted octanol–water partition coefficient (Wildman–Crippen LogP) is -5.87. The first-order valence-corrected chi connectivity index (χ1v) is 11.1. The van der Waals surface area contributed by atoms with Crippen molar-refractivity contribution in [2.75, 3.05) is 11.5 Å². The van der Waals surface area contributed by atoms with E-state index in [0.717, 1.165) is 22.4 Å². The smallest absolute Gasteiger partial charge is 0.821 e. The first-order chi connectivity index (χ1) is 14.8. The number of hydrogen-bond donors (Lipinski definition) is 0. The SMILES string of the molecule is C=P([O-])([O-])OC[C@@H]1OC(=O)N2c3ccc(-c4ccc(-c5nnn(C)n5)nc4)cc3C[C@@H]12.[Na+].[Na+]. The second-order valence-corrected chi connectivity index (χ2v) is 8.83. The van der Waals surface area contributed by atoms with Crippen LogP contribution >= 0.6 is 7.57 Å². The number of aromatic nitrogens is 5. The number of cyclic esters (lactones) is 1. The molecule has 2 atom stereocenters. The third kappa shape index (κ3) is 5.43. The van der Waals surface area contributed by atoms with Gasteiger partial charge in [0.25, 0.3) is 0 Å². The van der Waals surface area contributed by atoms with Gasteiger partial charge in [0, 0.05) is 11.8 Å². The van der Waals surface area contributed by atoms with Crippen LogP contribution in [-0.2, 0) is 22.7 Å². The number of nitrogens with zero attached hydrogens (tertiary/aromatic N) is 6. The average Bonchev–Trinajstić information content (AvgIpc) is 3.41. The Hall–Kier alpha value is -1.11. The van der Waals surface area contributed by atoms with E-state index in [9.17, 15) is 14.6 Å². The van der Waals surface area contributed by atoms with Crippen molar-refractivity contribution >= 4 is 25.6 Å². The van der Waals surface area contributed by atoms with E-state index in [1.807, 2.05) is 30.3 Å². The van der Waals surface area contributed by atoms with Crippen molar-refractivity contribution in [1.29, 1.82) is 0 Å². The monoisotopic (exact) mass is 486 g/mol. The second-order valence-electron chi connectivity index (χ2n) is 7.35. The van der Waals surface area contributed by atoms with E-state index in [-0.39, 0.29) is 71.8 Å². The Labute approximate surface area is 233 Å². The summed E-state index contributed by atoms with van der Waals surface area (Å²) < 4.78 is 10.1. The van der Waals surface area contributed by atoms with Gasteiger partial charge in [0.15, 0.2) is 0 Å². The fraction of sp³-hybridized carbons (Fsp3) is 0.263. The van der Waals surface area contributed by atoms with Crippen molar-refractivity contribution in [2.24, 2.45) is 7.05 Å². The summed E-state index contributed by atoms with van der Waals surface area (Å²) in [5, 5.41) is 11.9. The molecule has 1 saturated heterocycles. The summed E-state index contributed by atoms with van der Waals surface area (Å²) in [5.41, 5.74) is 4.16. The molecule has 0 bridgehead atoms. The van der Waals surface area contributed by atoms with E-state index in [1.54, 1.807) is 18.1 Å². The maximum atomic E-state index is 12.3. The van der Waals surface area contributed by atoms with E-state index in [0.29, 0.717) is 17.9 Å². The van der Waals surface area contributed by atoms with Gasteiger partial charge in [-0.25, -0.2) is 4.79 Å². The molecule has 3 aromatic rings. The normalized spacial score (nSPS) is 18.8. The number of carbonyl (C=O) groups excluding carboxylic acids is 1. The number of anilines is 1. The van der Waals surface area contributed by atoms with Crippen molar-refractivity contribution in [3.63, 3.8) is 0 Å². The number of aryl methyl sites for hydroxylation is 1. The standard InChI is InChI=1S/C19H17N6O5P.2Na/c1-24-22-18(21-23-24)14-5-3-12(9-20-14)11-4-6-15-13(7-11)8-16-17(10-29-31(2,27)28)30-19(26)25(15)16;;/h3-7,9,16-17H,2,8,10H2,1H3;;/q-2;2*+1/t16-,17-;;/m0../s1. The molecular formula is C19H17N6Na2O5P. The Bertz CT molecular complexity index is 1220. The molecule has 11 nitrogen and oxygen atoms in total. The van der Waals surface area contributed by atoms with Gasteiger partial charge in [-0.3, -0.25) is 9.88 Å². The van der Waals surface area contributed by atoms with Crippen LogP contribution in [-0.4, -0.2) is 56.3 Å². The molecule has 2 aliphatic heterocycles. The van der Waals surface area contributed by atoms with Gasteiger partial charge in [-0.1, -0.05) is 12.1 Å². The van der Waals surface area contributed by atoms with E-state index in [4.69, 9.17) is 9.26 Å². The van der Waals surface area contributed by atoms with Crippen LogP contribution in [0, 0.1) is 0 Å². The Balaban J connectivity index is 0.00000153. The van der Waals surface area contributed by atoms with Crippen LogP contribution in [0.25, 0.3) is 22.6 Å². The van der Waals surface area contributed by atoms with Crippen LogP contribution in [0.2, 0.25) is 0 Å². The number of fused-ring (bicyclic) bond motifs is 3. The number of tetrazole rings is 1. The summed E-state index contributed by atoms with van der Waals surface area (Å²) in [6, 6.07) is 9.16. The van der Waals surface area contributed by atoms with Gasteiger partial charge in [-0.05, 0) is 41.0 Å². The van der Waals surface area contributed by atoms with Crippen molar-refractivity contribution in [3.8, 4) is 22.6 Å². The molecule has 0 saturated carbocycles. The first-order valence-electron chi connectivity index (χ1n) is 9.42. The molecule has 0 radical (unpaired) electrons. The van der Waals surface area contributed by atoms with Gasteiger partial charge in [0.05, 0.1) is 25.4 Å².